The highest BCUT2D eigenvalue weighted by molar-refractivity contribution is 5.98. The number of ether oxygens (including phenoxy) is 1. The molecule has 0 aliphatic heterocycles. The first-order valence-electron chi connectivity index (χ1n) is 6.40. The Hall–Kier alpha value is -2.82. The number of oxime groups is 2. The van der Waals surface area contributed by atoms with Crippen molar-refractivity contribution in [1.82, 2.24) is 0 Å². The van der Waals surface area contributed by atoms with Crippen molar-refractivity contribution in [2.75, 3.05) is 0 Å². The molecule has 2 N–H and O–H groups in total. The van der Waals surface area contributed by atoms with E-state index in [-0.39, 0.29) is 0 Å². The van der Waals surface area contributed by atoms with E-state index >= 15 is 0 Å². The number of nitrogens with zero attached hydrogens (tertiary/aromatic N) is 2. The summed E-state index contributed by atoms with van der Waals surface area (Å²) in [5, 5.41) is 23.7. The van der Waals surface area contributed by atoms with Crippen molar-refractivity contribution >= 4 is 11.4 Å². The fourth-order valence-corrected chi connectivity index (χ4v) is 1.78. The molecule has 5 nitrogen and oxygen atoms in total. The van der Waals surface area contributed by atoms with Crippen LogP contribution in [0.3, 0.4) is 0 Å². The van der Waals surface area contributed by atoms with Gasteiger partial charge in [0.05, 0.1) is 11.4 Å². The van der Waals surface area contributed by atoms with Crippen LogP contribution in [-0.4, -0.2) is 21.8 Å². The van der Waals surface area contributed by atoms with E-state index in [1.54, 1.807) is 38.1 Å². The molecule has 21 heavy (non-hydrogen) atoms. The SMILES string of the molecule is C/C(=N\O)c1ccc(Oc2ccc(/C(C)=N/O)cc2)cc1. The topological polar surface area (TPSA) is 74.4 Å². The van der Waals surface area contributed by atoms with Gasteiger partial charge in [0, 0.05) is 0 Å². The molecule has 0 fully saturated rings. The Balaban J connectivity index is 2.11. The van der Waals surface area contributed by atoms with Gasteiger partial charge in [-0.25, -0.2) is 0 Å². The summed E-state index contributed by atoms with van der Waals surface area (Å²) in [7, 11) is 0. The first-order valence-corrected chi connectivity index (χ1v) is 6.40. The quantitative estimate of drug-likeness (QED) is 0.508. The molecule has 0 amide bonds. The molecule has 108 valence electrons. The molecule has 2 aromatic carbocycles. The van der Waals surface area contributed by atoms with Gasteiger partial charge in [-0.1, -0.05) is 10.3 Å². The highest BCUT2D eigenvalue weighted by atomic mass is 16.5. The minimum absolute atomic E-state index is 0.546. The van der Waals surface area contributed by atoms with Gasteiger partial charge in [-0.05, 0) is 73.5 Å². The molecule has 0 saturated heterocycles. The predicted molar refractivity (Wildman–Crippen MR) is 81.0 cm³/mol. The molecule has 0 heterocycles. The molecular weight excluding hydrogens is 268 g/mol. The summed E-state index contributed by atoms with van der Waals surface area (Å²) in [6.07, 6.45) is 0. The molecular formula is C16H16N2O3. The summed E-state index contributed by atoms with van der Waals surface area (Å²) in [4.78, 5) is 0. The van der Waals surface area contributed by atoms with E-state index in [9.17, 15) is 0 Å². The van der Waals surface area contributed by atoms with Crippen LogP contribution in [0.1, 0.15) is 25.0 Å². The molecule has 0 aromatic heterocycles. The zero-order valence-corrected chi connectivity index (χ0v) is 11.8. The fraction of sp³-hybridized carbons (Fsp3) is 0.125. The zero-order chi connectivity index (χ0) is 15.2. The van der Waals surface area contributed by atoms with Crippen molar-refractivity contribution in [1.29, 1.82) is 0 Å². The summed E-state index contributed by atoms with van der Waals surface area (Å²) in [6.45, 7) is 3.44. The molecule has 0 atom stereocenters. The molecule has 5 heteroatoms. The number of benzene rings is 2. The first-order chi connectivity index (χ1) is 10.1. The van der Waals surface area contributed by atoms with E-state index in [2.05, 4.69) is 10.3 Å². The molecule has 0 unspecified atom stereocenters. The molecule has 0 radical (unpaired) electrons. The summed E-state index contributed by atoms with van der Waals surface area (Å²) in [5.74, 6) is 1.37. The summed E-state index contributed by atoms with van der Waals surface area (Å²) in [6, 6.07) is 14.5. The molecule has 0 saturated carbocycles. The van der Waals surface area contributed by atoms with Crippen molar-refractivity contribution in [2.24, 2.45) is 10.3 Å². The zero-order valence-electron chi connectivity index (χ0n) is 11.8. The minimum atomic E-state index is 0.546. The maximum Gasteiger partial charge on any atom is 0.127 e. The number of hydrogen-bond donors (Lipinski definition) is 2. The van der Waals surface area contributed by atoms with Crippen LogP contribution in [0, 0.1) is 0 Å². The predicted octanol–water partition coefficient (Wildman–Crippen LogP) is 3.88. The van der Waals surface area contributed by atoms with Crippen molar-refractivity contribution < 1.29 is 15.2 Å². The van der Waals surface area contributed by atoms with Crippen LogP contribution >= 0.6 is 0 Å². The lowest BCUT2D eigenvalue weighted by Gasteiger charge is -2.07. The van der Waals surface area contributed by atoms with Crippen molar-refractivity contribution in [3.63, 3.8) is 0 Å². The highest BCUT2D eigenvalue weighted by Gasteiger charge is 2.02. The van der Waals surface area contributed by atoms with Crippen LogP contribution in [0.2, 0.25) is 0 Å². The molecule has 0 bridgehead atoms. The normalized spacial score (nSPS) is 12.3. The van der Waals surface area contributed by atoms with Gasteiger partial charge in [0.2, 0.25) is 0 Å². The summed E-state index contributed by atoms with van der Waals surface area (Å²) >= 11 is 0. The monoisotopic (exact) mass is 284 g/mol. The van der Waals surface area contributed by atoms with Crippen LogP contribution in [-0.2, 0) is 0 Å². The van der Waals surface area contributed by atoms with E-state index in [0.717, 1.165) is 11.1 Å². The maximum atomic E-state index is 8.71. The Morgan fingerprint density at radius 1 is 0.714 bits per heavy atom. The average molecular weight is 284 g/mol. The van der Waals surface area contributed by atoms with Gasteiger partial charge >= 0.3 is 0 Å². The van der Waals surface area contributed by atoms with E-state index < -0.39 is 0 Å². The molecule has 0 spiro atoms. The first kappa shape index (κ1) is 14.6. The van der Waals surface area contributed by atoms with Gasteiger partial charge in [0.25, 0.3) is 0 Å². The summed E-state index contributed by atoms with van der Waals surface area (Å²) < 4.78 is 5.71. The third-order valence-electron chi connectivity index (χ3n) is 3.08. The van der Waals surface area contributed by atoms with E-state index in [1.807, 2.05) is 24.3 Å². The lowest BCUT2D eigenvalue weighted by atomic mass is 10.1. The summed E-state index contributed by atoms with van der Waals surface area (Å²) in [5.41, 5.74) is 2.75. The Bertz CT molecular complexity index is 599. The number of rotatable bonds is 4. The number of hydrogen-bond acceptors (Lipinski definition) is 5. The molecule has 2 rings (SSSR count). The van der Waals surface area contributed by atoms with Gasteiger partial charge < -0.3 is 15.2 Å². The third-order valence-corrected chi connectivity index (χ3v) is 3.08. The molecule has 0 aliphatic carbocycles. The highest BCUT2D eigenvalue weighted by Crippen LogP contribution is 2.22. The van der Waals surface area contributed by atoms with Crippen LogP contribution in [0.4, 0.5) is 0 Å². The van der Waals surface area contributed by atoms with Crippen LogP contribution in [0.5, 0.6) is 11.5 Å². The lowest BCUT2D eigenvalue weighted by molar-refractivity contribution is 0.319. The largest absolute Gasteiger partial charge is 0.457 e. The minimum Gasteiger partial charge on any atom is -0.457 e. The van der Waals surface area contributed by atoms with Gasteiger partial charge in [-0.15, -0.1) is 0 Å². The van der Waals surface area contributed by atoms with E-state index in [1.165, 1.54) is 0 Å². The van der Waals surface area contributed by atoms with Crippen LogP contribution in [0.25, 0.3) is 0 Å². The smallest absolute Gasteiger partial charge is 0.127 e. The third kappa shape index (κ3) is 3.60. The van der Waals surface area contributed by atoms with Gasteiger partial charge in [-0.3, -0.25) is 0 Å². The van der Waals surface area contributed by atoms with Crippen molar-refractivity contribution in [2.45, 2.75) is 13.8 Å². The second-order valence-electron chi connectivity index (χ2n) is 4.52. The van der Waals surface area contributed by atoms with Gasteiger partial charge in [-0.2, -0.15) is 0 Å². The van der Waals surface area contributed by atoms with Crippen molar-refractivity contribution in [3.05, 3.63) is 59.7 Å². The van der Waals surface area contributed by atoms with Crippen LogP contribution < -0.4 is 4.74 Å². The Kier molecular flexibility index (Phi) is 4.56. The van der Waals surface area contributed by atoms with Gasteiger partial charge in [0.1, 0.15) is 11.5 Å². The maximum absolute atomic E-state index is 8.71. The van der Waals surface area contributed by atoms with E-state index in [4.69, 9.17) is 15.2 Å². The second-order valence-corrected chi connectivity index (χ2v) is 4.52. The van der Waals surface area contributed by atoms with Crippen molar-refractivity contribution in [3.8, 4) is 11.5 Å². The van der Waals surface area contributed by atoms with Gasteiger partial charge in [0.15, 0.2) is 0 Å². The molecule has 0 aliphatic rings. The lowest BCUT2D eigenvalue weighted by Crippen LogP contribution is -1.95. The Morgan fingerprint density at radius 3 is 1.33 bits per heavy atom. The standard InChI is InChI=1S/C16H16N2O3/c1-11(17-19)13-3-7-15(8-4-13)21-16-9-5-14(6-10-16)12(2)18-20/h3-10,19-20H,1-2H3/b17-11+,18-12+. The van der Waals surface area contributed by atoms with E-state index in [0.29, 0.717) is 22.9 Å². The fourth-order valence-electron chi connectivity index (χ4n) is 1.78. The second kappa shape index (κ2) is 6.56. The molecule has 2 aromatic rings. The average Bonchev–Trinajstić information content (AvgIpc) is 2.55. The Morgan fingerprint density at radius 2 is 1.05 bits per heavy atom. The Labute approximate surface area is 122 Å². The van der Waals surface area contributed by atoms with Crippen LogP contribution in [0.15, 0.2) is 58.8 Å².